The Balaban J connectivity index is 3.52. The van der Waals surface area contributed by atoms with Gasteiger partial charge in [0.05, 0.1) is 29.1 Å². The van der Waals surface area contributed by atoms with Crippen molar-refractivity contribution in [1.29, 1.82) is 0 Å². The second-order valence-corrected chi connectivity index (χ2v) is 6.77. The summed E-state index contributed by atoms with van der Waals surface area (Å²) in [7, 11) is 0.101. The zero-order valence-corrected chi connectivity index (χ0v) is 13.7. The molecular weight excluding hydrogens is 292 g/mol. The molecule has 0 spiro atoms. The van der Waals surface area contributed by atoms with Gasteiger partial charge in [-0.05, 0) is 31.5 Å². The van der Waals surface area contributed by atoms with Crippen molar-refractivity contribution in [2.45, 2.75) is 18.7 Å². The van der Waals surface area contributed by atoms with Gasteiger partial charge in [0, 0.05) is 20.4 Å². The molecule has 0 aliphatic rings. The summed E-state index contributed by atoms with van der Waals surface area (Å²) in [4.78, 5) is 17.8. The third-order valence-corrected chi connectivity index (χ3v) is 3.83. The third-order valence-electron chi connectivity index (χ3n) is 2.71. The number of carbonyl (C=O) groups is 1. The maximum Gasteiger partial charge on any atom is 0.338 e. The fourth-order valence-electron chi connectivity index (χ4n) is 1.74. The first-order chi connectivity index (χ1) is 9.68. The number of carbonyl (C=O) groups excluding carboxylic acids is 1. The zero-order valence-electron chi connectivity index (χ0n) is 12.9. The monoisotopic (exact) mass is 312 g/mol. The van der Waals surface area contributed by atoms with Gasteiger partial charge in [0.1, 0.15) is 0 Å². The molecule has 0 saturated heterocycles. The van der Waals surface area contributed by atoms with Gasteiger partial charge in [-0.1, -0.05) is 0 Å². The van der Waals surface area contributed by atoms with Crippen LogP contribution in [0.4, 0.5) is 5.69 Å². The van der Waals surface area contributed by atoms with Gasteiger partial charge < -0.3 is 9.64 Å². The summed E-state index contributed by atoms with van der Waals surface area (Å²) < 4.78 is 28.7. The normalized spacial score (nSPS) is 11.7. The molecule has 1 aromatic carbocycles. The first-order valence-corrected chi connectivity index (χ1v) is 8.29. The van der Waals surface area contributed by atoms with E-state index in [1.54, 1.807) is 32.8 Å². The van der Waals surface area contributed by atoms with E-state index in [1.807, 2.05) is 0 Å². The van der Waals surface area contributed by atoms with Gasteiger partial charge in [0.25, 0.3) is 0 Å². The van der Waals surface area contributed by atoms with Crippen LogP contribution < -0.4 is 0 Å². The molecule has 0 heterocycles. The highest BCUT2D eigenvalue weighted by molar-refractivity contribution is 7.90. The Bertz CT molecular complexity index is 664. The Morgan fingerprint density at radius 1 is 1.38 bits per heavy atom. The molecule has 1 aromatic rings. The maximum absolute atomic E-state index is 11.9. The molecule has 116 valence electrons. The summed E-state index contributed by atoms with van der Waals surface area (Å²) in [6.07, 6.45) is 2.60. The van der Waals surface area contributed by atoms with Crippen molar-refractivity contribution in [2.75, 3.05) is 27.0 Å². The fraction of sp³-hybridized carbons (Fsp3) is 0.429. The Labute approximate surface area is 125 Å². The van der Waals surface area contributed by atoms with Crippen LogP contribution in [0.2, 0.25) is 0 Å². The van der Waals surface area contributed by atoms with Crippen LogP contribution in [0.5, 0.6) is 0 Å². The first kappa shape index (κ1) is 17.2. The van der Waals surface area contributed by atoms with Crippen LogP contribution in [0.1, 0.15) is 22.8 Å². The van der Waals surface area contributed by atoms with Crippen LogP contribution in [-0.4, -0.2) is 52.6 Å². The molecule has 7 heteroatoms. The second-order valence-electron chi connectivity index (χ2n) is 4.79. The minimum absolute atomic E-state index is 0.0890. The van der Waals surface area contributed by atoms with E-state index in [4.69, 9.17) is 4.74 Å². The number of sulfone groups is 1. The summed E-state index contributed by atoms with van der Waals surface area (Å²) in [6.45, 7) is 3.62. The van der Waals surface area contributed by atoms with Gasteiger partial charge in [-0.15, -0.1) is 0 Å². The molecule has 6 nitrogen and oxygen atoms in total. The van der Waals surface area contributed by atoms with Crippen molar-refractivity contribution in [3.8, 4) is 0 Å². The van der Waals surface area contributed by atoms with E-state index in [0.717, 1.165) is 6.26 Å². The lowest BCUT2D eigenvalue weighted by Gasteiger charge is -2.12. The Morgan fingerprint density at radius 2 is 2.00 bits per heavy atom. The summed E-state index contributed by atoms with van der Waals surface area (Å²) in [5.74, 6) is -0.489. The van der Waals surface area contributed by atoms with E-state index in [-0.39, 0.29) is 17.2 Å². The molecule has 0 aliphatic heterocycles. The SMILES string of the molecule is CCOC(=O)c1ccc(S(C)(=O)=O)c(N=CN(C)C)c1C. The third kappa shape index (κ3) is 4.29. The van der Waals surface area contributed by atoms with E-state index in [1.165, 1.54) is 18.5 Å². The van der Waals surface area contributed by atoms with Crippen molar-refractivity contribution in [3.05, 3.63) is 23.3 Å². The lowest BCUT2D eigenvalue weighted by Crippen LogP contribution is -2.10. The van der Waals surface area contributed by atoms with Crippen molar-refractivity contribution >= 4 is 27.8 Å². The van der Waals surface area contributed by atoms with Gasteiger partial charge in [-0.25, -0.2) is 18.2 Å². The lowest BCUT2D eigenvalue weighted by atomic mass is 10.1. The van der Waals surface area contributed by atoms with Crippen LogP contribution in [0.15, 0.2) is 22.0 Å². The van der Waals surface area contributed by atoms with Gasteiger partial charge >= 0.3 is 5.97 Å². The first-order valence-electron chi connectivity index (χ1n) is 6.39. The van der Waals surface area contributed by atoms with Crippen molar-refractivity contribution in [3.63, 3.8) is 0 Å². The number of benzene rings is 1. The van der Waals surface area contributed by atoms with Gasteiger partial charge in [-0.3, -0.25) is 0 Å². The molecule has 0 aliphatic carbocycles. The number of hydrogen-bond donors (Lipinski definition) is 0. The largest absolute Gasteiger partial charge is 0.462 e. The maximum atomic E-state index is 11.9. The molecule has 0 unspecified atom stereocenters. The molecule has 0 fully saturated rings. The van der Waals surface area contributed by atoms with Crippen molar-refractivity contribution in [2.24, 2.45) is 4.99 Å². The lowest BCUT2D eigenvalue weighted by molar-refractivity contribution is 0.0525. The molecule has 1 rings (SSSR count). The van der Waals surface area contributed by atoms with Crippen molar-refractivity contribution in [1.82, 2.24) is 4.90 Å². The smallest absolute Gasteiger partial charge is 0.338 e. The van der Waals surface area contributed by atoms with Crippen LogP contribution in [0.25, 0.3) is 0 Å². The van der Waals surface area contributed by atoms with E-state index in [9.17, 15) is 13.2 Å². The van der Waals surface area contributed by atoms with Crippen LogP contribution in [0.3, 0.4) is 0 Å². The zero-order chi connectivity index (χ0) is 16.2. The van der Waals surface area contributed by atoms with Crippen LogP contribution in [0, 0.1) is 6.92 Å². The van der Waals surface area contributed by atoms with Crippen molar-refractivity contribution < 1.29 is 17.9 Å². The predicted molar refractivity (Wildman–Crippen MR) is 82.1 cm³/mol. The Kier molecular flexibility index (Phi) is 5.48. The Hall–Kier alpha value is -1.89. The molecule has 21 heavy (non-hydrogen) atoms. The average molecular weight is 312 g/mol. The predicted octanol–water partition coefficient (Wildman–Crippen LogP) is 1.80. The van der Waals surface area contributed by atoms with Gasteiger partial charge in [0.15, 0.2) is 9.84 Å². The fourth-order valence-corrected chi connectivity index (χ4v) is 2.61. The average Bonchev–Trinajstić information content (AvgIpc) is 2.35. The summed E-state index contributed by atoms with van der Waals surface area (Å²) in [6, 6.07) is 2.84. The number of esters is 1. The molecular formula is C14H20N2O4S. The molecule has 0 N–H and O–H groups in total. The topological polar surface area (TPSA) is 76.0 Å². The molecule has 0 radical (unpaired) electrons. The number of nitrogens with zero attached hydrogens (tertiary/aromatic N) is 2. The van der Waals surface area contributed by atoms with Gasteiger partial charge in [-0.2, -0.15) is 0 Å². The van der Waals surface area contributed by atoms with E-state index >= 15 is 0 Å². The Morgan fingerprint density at radius 3 is 2.48 bits per heavy atom. The van der Waals surface area contributed by atoms with Gasteiger partial charge in [0.2, 0.25) is 0 Å². The number of hydrogen-bond acceptors (Lipinski definition) is 5. The molecule has 0 aromatic heterocycles. The molecule has 0 amide bonds. The number of ether oxygens (including phenoxy) is 1. The number of aliphatic imine (C=N–C) groups is 1. The summed E-state index contributed by atoms with van der Waals surface area (Å²) >= 11 is 0. The minimum atomic E-state index is -3.44. The quantitative estimate of drug-likeness (QED) is 0.471. The summed E-state index contributed by atoms with van der Waals surface area (Å²) in [5.41, 5.74) is 1.06. The van der Waals surface area contributed by atoms with E-state index < -0.39 is 15.8 Å². The molecule has 0 saturated carbocycles. The minimum Gasteiger partial charge on any atom is -0.462 e. The summed E-state index contributed by atoms with van der Waals surface area (Å²) in [5, 5.41) is 0. The highest BCUT2D eigenvalue weighted by Crippen LogP contribution is 2.31. The van der Waals surface area contributed by atoms with E-state index in [2.05, 4.69) is 4.99 Å². The van der Waals surface area contributed by atoms with E-state index in [0.29, 0.717) is 11.1 Å². The molecule has 0 bridgehead atoms. The highest BCUT2D eigenvalue weighted by atomic mass is 32.2. The standard InChI is InChI=1S/C14H20N2O4S/c1-6-20-14(17)11-7-8-12(21(5,18)19)13(10(11)2)15-9-16(3)4/h7-9H,6H2,1-5H3. The number of rotatable bonds is 5. The van der Waals surface area contributed by atoms with Crippen LogP contribution >= 0.6 is 0 Å². The second kappa shape index (κ2) is 6.71. The molecule has 0 atom stereocenters. The highest BCUT2D eigenvalue weighted by Gasteiger charge is 2.20. The van der Waals surface area contributed by atoms with Crippen LogP contribution in [-0.2, 0) is 14.6 Å².